The van der Waals surface area contributed by atoms with Crippen LogP contribution < -0.4 is 5.73 Å². The Hall–Kier alpha value is -0.0400. The quantitative estimate of drug-likeness (QED) is 0.608. The molecule has 0 aromatic rings. The van der Waals surface area contributed by atoms with E-state index in [1.54, 1.807) is 32.1 Å². The predicted molar refractivity (Wildman–Crippen MR) is 55.5 cm³/mol. The standard InChI is InChI=1S/C13H21N/c14-12-3-4-13-2-1-9(5-10(13)7-12)6-11(13)8-12/h9-11H,1-8,14H2/p+1. The summed E-state index contributed by atoms with van der Waals surface area (Å²) in [6, 6.07) is 0. The summed E-state index contributed by atoms with van der Waals surface area (Å²) in [5.74, 6) is 3.31. The summed E-state index contributed by atoms with van der Waals surface area (Å²) < 4.78 is 0. The molecule has 5 bridgehead atoms. The van der Waals surface area contributed by atoms with Gasteiger partial charge in [0, 0.05) is 19.3 Å². The maximum atomic E-state index is 4.55. The summed E-state index contributed by atoms with van der Waals surface area (Å²) in [4.78, 5) is 0. The van der Waals surface area contributed by atoms with Crippen LogP contribution in [0.4, 0.5) is 0 Å². The summed E-state index contributed by atoms with van der Waals surface area (Å²) in [6.45, 7) is 0. The van der Waals surface area contributed by atoms with Gasteiger partial charge in [-0.1, -0.05) is 0 Å². The lowest BCUT2D eigenvalue weighted by atomic mass is 9.38. The zero-order chi connectivity index (χ0) is 9.39. The van der Waals surface area contributed by atoms with Gasteiger partial charge >= 0.3 is 0 Å². The molecule has 6 rings (SSSR count). The monoisotopic (exact) mass is 192 g/mol. The molecule has 6 fully saturated rings. The number of fused-ring (bicyclic) bond motifs is 2. The van der Waals surface area contributed by atoms with E-state index in [1.807, 2.05) is 0 Å². The van der Waals surface area contributed by atoms with Crippen LogP contribution in [-0.4, -0.2) is 5.54 Å². The molecule has 2 atom stereocenters. The van der Waals surface area contributed by atoms with Crippen LogP contribution in [-0.2, 0) is 0 Å². The molecule has 0 aliphatic heterocycles. The summed E-state index contributed by atoms with van der Waals surface area (Å²) >= 11 is 0. The van der Waals surface area contributed by atoms with Gasteiger partial charge in [-0.3, -0.25) is 0 Å². The highest BCUT2D eigenvalue weighted by molar-refractivity contribution is 5.13. The average molecular weight is 192 g/mol. The van der Waals surface area contributed by atoms with Gasteiger partial charge < -0.3 is 5.73 Å². The first-order valence-electron chi connectivity index (χ1n) is 6.56. The smallest absolute Gasteiger partial charge is 0.0951 e. The molecule has 0 aromatic carbocycles. The summed E-state index contributed by atoms with van der Waals surface area (Å²) in [6.07, 6.45) is 12.3. The number of hydrogen-bond donors (Lipinski definition) is 1. The van der Waals surface area contributed by atoms with E-state index in [9.17, 15) is 0 Å². The van der Waals surface area contributed by atoms with Gasteiger partial charge in [-0.25, -0.2) is 0 Å². The molecule has 1 nitrogen and oxygen atoms in total. The van der Waals surface area contributed by atoms with Crippen LogP contribution in [0.25, 0.3) is 0 Å². The van der Waals surface area contributed by atoms with Crippen molar-refractivity contribution in [3.63, 3.8) is 0 Å². The van der Waals surface area contributed by atoms with Crippen molar-refractivity contribution in [3.8, 4) is 0 Å². The van der Waals surface area contributed by atoms with Gasteiger partial charge in [0.2, 0.25) is 0 Å². The SMILES string of the molecule is [NH3+]C12CCC34CCC(CC3C1)CC4C2. The lowest BCUT2D eigenvalue weighted by molar-refractivity contribution is -0.511. The van der Waals surface area contributed by atoms with Gasteiger partial charge in [-0.05, 0) is 55.3 Å². The molecule has 0 amide bonds. The van der Waals surface area contributed by atoms with Crippen LogP contribution in [0.2, 0.25) is 0 Å². The largest absolute Gasteiger partial charge is 0.353 e. The molecule has 1 spiro atoms. The molecule has 1 heteroatoms. The van der Waals surface area contributed by atoms with Crippen LogP contribution in [0.3, 0.4) is 0 Å². The molecule has 0 saturated heterocycles. The van der Waals surface area contributed by atoms with Crippen LogP contribution >= 0.6 is 0 Å². The van der Waals surface area contributed by atoms with Crippen molar-refractivity contribution in [2.45, 2.75) is 56.9 Å². The van der Waals surface area contributed by atoms with E-state index in [4.69, 9.17) is 0 Å². The first-order chi connectivity index (χ1) is 6.70. The fourth-order valence-electron chi connectivity index (χ4n) is 5.76. The average Bonchev–Trinajstić information content (AvgIpc) is 2.16. The first-order valence-corrected chi connectivity index (χ1v) is 6.56. The normalized spacial score (nSPS) is 64.5. The van der Waals surface area contributed by atoms with E-state index < -0.39 is 0 Å². The Morgan fingerprint density at radius 1 is 0.929 bits per heavy atom. The number of hydrogen-bond acceptors (Lipinski definition) is 0. The van der Waals surface area contributed by atoms with Gasteiger partial charge in [0.1, 0.15) is 0 Å². The lowest BCUT2D eigenvalue weighted by Gasteiger charge is -2.66. The van der Waals surface area contributed by atoms with E-state index in [0.29, 0.717) is 5.54 Å². The maximum absolute atomic E-state index is 4.55. The highest BCUT2D eigenvalue weighted by Crippen LogP contribution is 2.68. The summed E-state index contributed by atoms with van der Waals surface area (Å²) in [5.41, 5.74) is 5.92. The molecule has 6 aliphatic rings. The molecule has 0 heterocycles. The number of quaternary nitrogens is 1. The van der Waals surface area contributed by atoms with Crippen LogP contribution in [0.5, 0.6) is 0 Å². The molecule has 0 aromatic heterocycles. The third-order valence-electron chi connectivity index (χ3n) is 6.36. The van der Waals surface area contributed by atoms with Crippen LogP contribution in [0.1, 0.15) is 51.4 Å². The van der Waals surface area contributed by atoms with Gasteiger partial charge in [0.25, 0.3) is 0 Å². The van der Waals surface area contributed by atoms with Gasteiger partial charge in [0.15, 0.2) is 0 Å². The zero-order valence-electron chi connectivity index (χ0n) is 9.10. The third-order valence-corrected chi connectivity index (χ3v) is 6.36. The second kappa shape index (κ2) is 2.21. The van der Waals surface area contributed by atoms with E-state index >= 15 is 0 Å². The lowest BCUT2D eigenvalue weighted by Crippen LogP contribution is -2.80. The highest BCUT2D eigenvalue weighted by atomic mass is 14.8. The topological polar surface area (TPSA) is 27.6 Å². The predicted octanol–water partition coefficient (Wildman–Crippen LogP) is 1.98. The third kappa shape index (κ3) is 0.778. The molecule has 14 heavy (non-hydrogen) atoms. The minimum atomic E-state index is 0.527. The van der Waals surface area contributed by atoms with Crippen LogP contribution in [0, 0.1) is 23.2 Å². The van der Waals surface area contributed by atoms with Gasteiger partial charge in [0.05, 0.1) is 5.54 Å². The summed E-state index contributed by atoms with van der Waals surface area (Å²) in [5, 5.41) is 0. The Labute approximate surface area is 86.4 Å². The zero-order valence-corrected chi connectivity index (χ0v) is 9.10. The van der Waals surface area contributed by atoms with Crippen molar-refractivity contribution in [1.82, 2.24) is 0 Å². The molecular formula is C13H22N+. The molecule has 3 N–H and O–H groups in total. The second-order valence-corrected chi connectivity index (χ2v) is 6.91. The maximum Gasteiger partial charge on any atom is 0.0951 e. The van der Waals surface area contributed by atoms with E-state index in [2.05, 4.69) is 5.73 Å². The minimum Gasteiger partial charge on any atom is -0.353 e. The Balaban J connectivity index is 1.81. The Kier molecular flexibility index (Phi) is 1.29. The fourth-order valence-corrected chi connectivity index (χ4v) is 5.76. The Morgan fingerprint density at radius 2 is 1.64 bits per heavy atom. The van der Waals surface area contributed by atoms with Crippen molar-refractivity contribution < 1.29 is 5.73 Å². The van der Waals surface area contributed by atoms with Gasteiger partial charge in [-0.2, -0.15) is 0 Å². The fraction of sp³-hybridized carbons (Fsp3) is 1.00. The Morgan fingerprint density at radius 3 is 2.36 bits per heavy atom. The second-order valence-electron chi connectivity index (χ2n) is 6.91. The molecule has 0 radical (unpaired) electrons. The first kappa shape index (κ1) is 8.15. The molecular weight excluding hydrogens is 170 g/mol. The van der Waals surface area contributed by atoms with Crippen molar-refractivity contribution in [3.05, 3.63) is 0 Å². The minimum absolute atomic E-state index is 0.527. The van der Waals surface area contributed by atoms with Crippen LogP contribution in [0.15, 0.2) is 0 Å². The number of rotatable bonds is 0. The van der Waals surface area contributed by atoms with Crippen molar-refractivity contribution in [2.75, 3.05) is 0 Å². The highest BCUT2D eigenvalue weighted by Gasteiger charge is 2.63. The van der Waals surface area contributed by atoms with E-state index in [1.165, 1.54) is 19.3 Å². The summed E-state index contributed by atoms with van der Waals surface area (Å²) in [7, 11) is 0. The van der Waals surface area contributed by atoms with Crippen molar-refractivity contribution in [1.29, 1.82) is 0 Å². The molecule has 78 valence electrons. The van der Waals surface area contributed by atoms with Gasteiger partial charge in [-0.15, -0.1) is 0 Å². The van der Waals surface area contributed by atoms with Crippen molar-refractivity contribution >= 4 is 0 Å². The molecule has 6 saturated carbocycles. The molecule has 2 unspecified atom stereocenters. The van der Waals surface area contributed by atoms with E-state index in [-0.39, 0.29) is 0 Å². The van der Waals surface area contributed by atoms with Crippen molar-refractivity contribution in [2.24, 2.45) is 23.2 Å². The molecule has 6 aliphatic carbocycles. The van der Waals surface area contributed by atoms with E-state index in [0.717, 1.165) is 23.2 Å². The Bertz CT molecular complexity index is 267.